The maximum absolute atomic E-state index is 12.2. The molecular formula is C17H21N5O3S. The number of ether oxygens (including phenoxy) is 1. The number of hydrogen-bond acceptors (Lipinski definition) is 6. The van der Waals surface area contributed by atoms with Crippen molar-refractivity contribution in [3.8, 4) is 5.75 Å². The monoisotopic (exact) mass is 375 g/mol. The van der Waals surface area contributed by atoms with Crippen molar-refractivity contribution in [3.05, 3.63) is 35.7 Å². The van der Waals surface area contributed by atoms with E-state index < -0.39 is 5.91 Å². The molecule has 0 unspecified atom stereocenters. The Kier molecular flexibility index (Phi) is 5.77. The summed E-state index contributed by atoms with van der Waals surface area (Å²) in [6, 6.07) is 7.52. The second kappa shape index (κ2) is 8.22. The topological polar surface area (TPSA) is 112 Å². The Morgan fingerprint density at radius 1 is 1.35 bits per heavy atom. The lowest BCUT2D eigenvalue weighted by Gasteiger charge is -2.10. The molecule has 1 saturated carbocycles. The number of hydrogen-bond donors (Lipinski definition) is 2. The summed E-state index contributed by atoms with van der Waals surface area (Å²) in [4.78, 5) is 23.5. The van der Waals surface area contributed by atoms with Crippen LogP contribution in [0.1, 0.15) is 30.1 Å². The number of benzene rings is 1. The molecule has 8 nitrogen and oxygen atoms in total. The number of carbonyl (C=O) groups excluding carboxylic acids is 2. The molecule has 0 bridgehead atoms. The van der Waals surface area contributed by atoms with Crippen molar-refractivity contribution < 1.29 is 14.3 Å². The molecule has 3 rings (SSSR count). The van der Waals surface area contributed by atoms with Crippen LogP contribution in [-0.2, 0) is 22.7 Å². The summed E-state index contributed by atoms with van der Waals surface area (Å²) in [6.45, 7) is 0.411. The van der Waals surface area contributed by atoms with E-state index >= 15 is 0 Å². The lowest BCUT2D eigenvalue weighted by molar-refractivity contribution is -0.119. The van der Waals surface area contributed by atoms with Crippen LogP contribution in [0.5, 0.6) is 5.75 Å². The Morgan fingerprint density at radius 3 is 2.81 bits per heavy atom. The smallest absolute Gasteiger partial charge is 0.237 e. The number of rotatable bonds is 9. The molecule has 0 spiro atoms. The van der Waals surface area contributed by atoms with E-state index in [1.807, 2.05) is 24.3 Å². The van der Waals surface area contributed by atoms with Gasteiger partial charge in [0.25, 0.3) is 0 Å². The Morgan fingerprint density at radius 2 is 2.12 bits per heavy atom. The first-order chi connectivity index (χ1) is 12.6. The number of amides is 2. The summed E-state index contributed by atoms with van der Waals surface area (Å²) >= 11 is 1.25. The van der Waals surface area contributed by atoms with E-state index in [9.17, 15) is 9.59 Å². The number of methoxy groups -OCH3 is 1. The van der Waals surface area contributed by atoms with Gasteiger partial charge in [-0.05, 0) is 18.9 Å². The predicted octanol–water partition coefficient (Wildman–Crippen LogP) is 1.06. The van der Waals surface area contributed by atoms with Gasteiger partial charge in [0.1, 0.15) is 18.1 Å². The normalized spacial score (nSPS) is 13.4. The minimum absolute atomic E-state index is 0.0317. The number of nitrogens with one attached hydrogen (secondary N) is 1. The Hall–Kier alpha value is -2.55. The number of thioether (sulfide) groups is 1. The second-order valence-corrected chi connectivity index (χ2v) is 6.99. The van der Waals surface area contributed by atoms with Crippen molar-refractivity contribution in [2.75, 3.05) is 12.9 Å². The molecule has 1 aliphatic carbocycles. The van der Waals surface area contributed by atoms with Gasteiger partial charge in [-0.3, -0.25) is 14.2 Å². The second-order valence-electron chi connectivity index (χ2n) is 6.04. The van der Waals surface area contributed by atoms with Crippen LogP contribution in [-0.4, -0.2) is 39.4 Å². The number of nitrogens with two attached hydrogens (primary N) is 1. The maximum Gasteiger partial charge on any atom is 0.237 e. The summed E-state index contributed by atoms with van der Waals surface area (Å²) in [5, 5.41) is 11.7. The van der Waals surface area contributed by atoms with Gasteiger partial charge in [0.15, 0.2) is 5.16 Å². The molecule has 0 aliphatic heterocycles. The minimum atomic E-state index is -0.450. The van der Waals surface area contributed by atoms with Crippen LogP contribution in [0.15, 0.2) is 29.4 Å². The number of nitrogens with zero attached hydrogens (tertiary/aromatic N) is 3. The van der Waals surface area contributed by atoms with E-state index in [4.69, 9.17) is 10.5 Å². The summed E-state index contributed by atoms with van der Waals surface area (Å²) in [6.07, 6.45) is 2.09. The van der Waals surface area contributed by atoms with Gasteiger partial charge in [0.05, 0.1) is 12.9 Å². The maximum atomic E-state index is 12.2. The fourth-order valence-corrected chi connectivity index (χ4v) is 3.35. The van der Waals surface area contributed by atoms with Crippen molar-refractivity contribution in [2.45, 2.75) is 37.0 Å². The molecule has 0 radical (unpaired) electrons. The van der Waals surface area contributed by atoms with Crippen LogP contribution in [0.3, 0.4) is 0 Å². The van der Waals surface area contributed by atoms with Gasteiger partial charge < -0.3 is 15.8 Å². The van der Waals surface area contributed by atoms with Crippen LogP contribution in [0.25, 0.3) is 0 Å². The number of primary amides is 1. The molecule has 1 heterocycles. The molecule has 0 saturated heterocycles. The van der Waals surface area contributed by atoms with Gasteiger partial charge in [-0.2, -0.15) is 0 Å². The minimum Gasteiger partial charge on any atom is -0.496 e. The Balaban J connectivity index is 1.57. The summed E-state index contributed by atoms with van der Waals surface area (Å²) < 4.78 is 6.99. The van der Waals surface area contributed by atoms with Gasteiger partial charge in [-0.25, -0.2) is 0 Å². The summed E-state index contributed by atoms with van der Waals surface area (Å²) in [5.41, 5.74) is 6.23. The highest BCUT2D eigenvalue weighted by molar-refractivity contribution is 7.99. The molecule has 1 aromatic carbocycles. The first kappa shape index (κ1) is 18.2. The van der Waals surface area contributed by atoms with Gasteiger partial charge in [-0.1, -0.05) is 30.0 Å². The number of aromatic nitrogens is 3. The summed E-state index contributed by atoms with van der Waals surface area (Å²) in [5.74, 6) is 1.44. The SMILES string of the molecule is COc1ccccc1CNC(=O)CSc1nnc(C2CC2)n1CC(N)=O. The standard InChI is InChI=1S/C17H21N5O3S/c1-25-13-5-3-2-4-12(13)8-19-15(24)10-26-17-21-20-16(11-6-7-11)22(17)9-14(18)23/h2-5,11H,6-10H2,1H3,(H2,18,23)(H,19,24). The van der Waals surface area contributed by atoms with E-state index in [2.05, 4.69) is 15.5 Å². The molecule has 1 aromatic heterocycles. The zero-order valence-electron chi connectivity index (χ0n) is 14.5. The fraction of sp³-hybridized carbons (Fsp3) is 0.412. The van der Waals surface area contributed by atoms with E-state index in [0.29, 0.717) is 17.6 Å². The molecule has 0 atom stereocenters. The molecule has 2 aromatic rings. The highest BCUT2D eigenvalue weighted by atomic mass is 32.2. The average molecular weight is 375 g/mol. The van der Waals surface area contributed by atoms with Crippen molar-refractivity contribution in [1.29, 1.82) is 0 Å². The van der Waals surface area contributed by atoms with Gasteiger partial charge in [-0.15, -0.1) is 10.2 Å². The Bertz CT molecular complexity index is 803. The third kappa shape index (κ3) is 4.54. The van der Waals surface area contributed by atoms with Crippen molar-refractivity contribution in [1.82, 2.24) is 20.1 Å². The first-order valence-corrected chi connectivity index (χ1v) is 9.30. The summed E-state index contributed by atoms with van der Waals surface area (Å²) in [7, 11) is 1.60. The number of para-hydroxylation sites is 1. The highest BCUT2D eigenvalue weighted by Gasteiger charge is 2.30. The molecular weight excluding hydrogens is 354 g/mol. The van der Waals surface area contributed by atoms with Gasteiger partial charge in [0.2, 0.25) is 11.8 Å². The first-order valence-electron chi connectivity index (χ1n) is 8.31. The zero-order valence-corrected chi connectivity index (χ0v) is 15.3. The van der Waals surface area contributed by atoms with Crippen LogP contribution >= 0.6 is 11.8 Å². The zero-order chi connectivity index (χ0) is 18.5. The number of carbonyl (C=O) groups is 2. The van der Waals surface area contributed by atoms with Crippen molar-refractivity contribution in [2.24, 2.45) is 5.73 Å². The Labute approximate surface area is 155 Å². The third-order valence-electron chi connectivity index (χ3n) is 4.00. The quantitative estimate of drug-likeness (QED) is 0.634. The average Bonchev–Trinajstić information content (AvgIpc) is 3.40. The molecule has 3 N–H and O–H groups in total. The van der Waals surface area contributed by atoms with Crippen LogP contribution < -0.4 is 15.8 Å². The molecule has 9 heteroatoms. The molecule has 138 valence electrons. The third-order valence-corrected chi connectivity index (χ3v) is 4.97. The van der Waals surface area contributed by atoms with E-state index in [-0.39, 0.29) is 18.2 Å². The fourth-order valence-electron chi connectivity index (χ4n) is 2.58. The van der Waals surface area contributed by atoms with Crippen LogP contribution in [0.2, 0.25) is 0 Å². The van der Waals surface area contributed by atoms with Gasteiger partial charge in [0, 0.05) is 18.0 Å². The lowest BCUT2D eigenvalue weighted by Crippen LogP contribution is -2.25. The van der Waals surface area contributed by atoms with Crippen LogP contribution in [0.4, 0.5) is 0 Å². The highest BCUT2D eigenvalue weighted by Crippen LogP contribution is 2.39. The molecule has 2 amide bonds. The largest absolute Gasteiger partial charge is 0.496 e. The lowest BCUT2D eigenvalue weighted by atomic mass is 10.2. The van der Waals surface area contributed by atoms with Crippen molar-refractivity contribution >= 4 is 23.6 Å². The van der Waals surface area contributed by atoms with E-state index in [1.54, 1.807) is 11.7 Å². The van der Waals surface area contributed by atoms with Crippen molar-refractivity contribution in [3.63, 3.8) is 0 Å². The van der Waals surface area contributed by atoms with Gasteiger partial charge >= 0.3 is 0 Å². The van der Waals surface area contributed by atoms with Crippen LogP contribution in [0, 0.1) is 0 Å². The molecule has 26 heavy (non-hydrogen) atoms. The van der Waals surface area contributed by atoms with E-state index in [1.165, 1.54) is 11.8 Å². The molecule has 1 aliphatic rings. The predicted molar refractivity (Wildman–Crippen MR) is 96.8 cm³/mol. The van der Waals surface area contributed by atoms with E-state index in [0.717, 1.165) is 30.0 Å². The molecule has 1 fully saturated rings.